The maximum atomic E-state index is 3.60. The summed E-state index contributed by atoms with van der Waals surface area (Å²) in [7, 11) is 1.91. The number of hydrogen-bond acceptors (Lipinski definition) is 2. The summed E-state index contributed by atoms with van der Waals surface area (Å²) in [4.78, 5) is 5.47. The van der Waals surface area contributed by atoms with Crippen LogP contribution in [-0.2, 0) is 0 Å². The van der Waals surface area contributed by atoms with Crippen LogP contribution < -0.4 is 0 Å². The van der Waals surface area contributed by atoms with Gasteiger partial charge in [0.05, 0.1) is 0 Å². The van der Waals surface area contributed by atoms with Gasteiger partial charge in [-0.15, -0.1) is 0 Å². The Bertz CT molecular complexity index is 136. The number of aliphatic imine (C=N–C) groups is 1. The lowest BCUT2D eigenvalue weighted by Crippen LogP contribution is -2.05. The van der Waals surface area contributed by atoms with Crippen molar-refractivity contribution >= 4 is 6.72 Å². The van der Waals surface area contributed by atoms with E-state index in [0.29, 0.717) is 0 Å². The molecule has 0 aliphatic rings. The lowest BCUT2D eigenvalue weighted by Gasteiger charge is -2.11. The molecule has 0 spiro atoms. The molecule has 0 bridgehead atoms. The first-order valence-electron chi connectivity index (χ1n) is 3.70. The van der Waals surface area contributed by atoms with Crippen LogP contribution in [0.1, 0.15) is 20.8 Å². The topological polar surface area (TPSA) is 15.6 Å². The molecule has 0 atom stereocenters. The Morgan fingerprint density at radius 1 is 1.45 bits per heavy atom. The Morgan fingerprint density at radius 2 is 1.91 bits per heavy atom. The van der Waals surface area contributed by atoms with E-state index in [0.717, 1.165) is 5.70 Å². The van der Waals surface area contributed by atoms with E-state index < -0.39 is 0 Å². The Morgan fingerprint density at radius 3 is 2.18 bits per heavy atom. The number of hydrogen-bond donors (Lipinski definition) is 0. The largest absolute Gasteiger partial charge is 0.354 e. The van der Waals surface area contributed by atoms with Gasteiger partial charge < -0.3 is 4.90 Å². The van der Waals surface area contributed by atoms with Crippen molar-refractivity contribution in [2.45, 2.75) is 20.8 Å². The average molecular weight is 154 g/mol. The molecule has 0 saturated carbocycles. The van der Waals surface area contributed by atoms with E-state index in [1.54, 1.807) is 12.4 Å². The van der Waals surface area contributed by atoms with Gasteiger partial charge in [-0.25, -0.2) is 0 Å². The molecule has 2 heteroatoms. The fourth-order valence-electron chi connectivity index (χ4n) is 0.367. The molecule has 0 amide bonds. The van der Waals surface area contributed by atoms with E-state index in [2.05, 4.69) is 18.3 Å². The lowest BCUT2D eigenvalue weighted by molar-refractivity contribution is 0.570. The predicted molar refractivity (Wildman–Crippen MR) is 52.6 cm³/mol. The van der Waals surface area contributed by atoms with Crippen LogP contribution in [0, 0.1) is 0 Å². The Hall–Kier alpha value is -1.05. The second kappa shape index (κ2) is 8.95. The van der Waals surface area contributed by atoms with Gasteiger partial charge >= 0.3 is 0 Å². The van der Waals surface area contributed by atoms with E-state index >= 15 is 0 Å². The third-order valence-electron chi connectivity index (χ3n) is 1.11. The molecule has 0 rings (SSSR count). The highest BCUT2D eigenvalue weighted by molar-refractivity contribution is 5.26. The molecule has 0 heterocycles. The minimum absolute atomic E-state index is 1.03. The van der Waals surface area contributed by atoms with Crippen molar-refractivity contribution < 1.29 is 0 Å². The number of allylic oxidation sites excluding steroid dienone is 1. The van der Waals surface area contributed by atoms with Gasteiger partial charge in [-0.05, 0) is 19.8 Å². The van der Waals surface area contributed by atoms with E-state index in [9.17, 15) is 0 Å². The first kappa shape index (κ1) is 12.6. The van der Waals surface area contributed by atoms with Crippen LogP contribution in [0.3, 0.4) is 0 Å². The Labute approximate surface area is 69.9 Å². The maximum Gasteiger partial charge on any atom is 0.0452 e. The molecule has 64 valence electrons. The molecule has 0 aliphatic carbocycles. The van der Waals surface area contributed by atoms with Gasteiger partial charge in [0.15, 0.2) is 0 Å². The fraction of sp³-hybridized carbons (Fsp3) is 0.444. The second-order valence-electron chi connectivity index (χ2n) is 1.75. The summed E-state index contributed by atoms with van der Waals surface area (Å²) in [6, 6.07) is 0. The summed E-state index contributed by atoms with van der Waals surface area (Å²) in [6.07, 6.45) is 3.40. The molecule has 0 aromatic rings. The Kier molecular flexibility index (Phi) is 10.3. The third-order valence-corrected chi connectivity index (χ3v) is 1.11. The summed E-state index contributed by atoms with van der Waals surface area (Å²) >= 11 is 0. The molecule has 0 unspecified atom stereocenters. The van der Waals surface area contributed by atoms with Gasteiger partial charge in [-0.2, -0.15) is 0 Å². The SMILES string of the molecule is C=CN(C)/C(C)=C\N=C.CC. The highest BCUT2D eigenvalue weighted by Crippen LogP contribution is 1.98. The summed E-state index contributed by atoms with van der Waals surface area (Å²) in [5.74, 6) is 0. The minimum atomic E-state index is 1.03. The predicted octanol–water partition coefficient (Wildman–Crippen LogP) is 2.65. The molecular formula is C9H18N2. The van der Waals surface area contributed by atoms with E-state index in [-0.39, 0.29) is 0 Å². The van der Waals surface area contributed by atoms with Crippen molar-refractivity contribution in [1.29, 1.82) is 0 Å². The molecule has 2 nitrogen and oxygen atoms in total. The molecule has 0 aromatic heterocycles. The average Bonchev–Trinajstić information content (AvgIpc) is 2.07. The second-order valence-corrected chi connectivity index (χ2v) is 1.75. The van der Waals surface area contributed by atoms with Crippen LogP contribution in [-0.4, -0.2) is 18.7 Å². The van der Waals surface area contributed by atoms with E-state index in [1.165, 1.54) is 0 Å². The van der Waals surface area contributed by atoms with Gasteiger partial charge in [0.2, 0.25) is 0 Å². The van der Waals surface area contributed by atoms with Crippen molar-refractivity contribution in [3.8, 4) is 0 Å². The monoisotopic (exact) mass is 154 g/mol. The number of nitrogens with zero attached hydrogens (tertiary/aromatic N) is 2. The standard InChI is InChI=1S/C7H12N2.C2H6/c1-5-9(4)7(2)6-8-3;1-2/h5-6H,1,3H2,2,4H3;1-2H3/b7-6-;. The molecular weight excluding hydrogens is 136 g/mol. The zero-order valence-electron chi connectivity index (χ0n) is 7.96. The first-order valence-corrected chi connectivity index (χ1v) is 3.70. The van der Waals surface area contributed by atoms with Crippen molar-refractivity contribution in [3.05, 3.63) is 24.7 Å². The smallest absolute Gasteiger partial charge is 0.0452 e. The molecule has 0 radical (unpaired) electrons. The van der Waals surface area contributed by atoms with Gasteiger partial charge in [0.25, 0.3) is 0 Å². The zero-order chi connectivity index (χ0) is 9.28. The third kappa shape index (κ3) is 6.84. The van der Waals surface area contributed by atoms with Crippen LogP contribution in [0.4, 0.5) is 0 Å². The van der Waals surface area contributed by atoms with Crippen molar-refractivity contribution in [2.75, 3.05) is 7.05 Å². The van der Waals surface area contributed by atoms with E-state index in [4.69, 9.17) is 0 Å². The summed E-state index contributed by atoms with van der Waals surface area (Å²) < 4.78 is 0. The summed E-state index contributed by atoms with van der Waals surface area (Å²) in [6.45, 7) is 12.9. The first-order chi connectivity index (χ1) is 5.22. The molecule has 0 saturated heterocycles. The van der Waals surface area contributed by atoms with Crippen LogP contribution >= 0.6 is 0 Å². The Balaban J connectivity index is 0. The van der Waals surface area contributed by atoms with Gasteiger partial charge in [0.1, 0.15) is 0 Å². The van der Waals surface area contributed by atoms with Gasteiger partial charge in [-0.1, -0.05) is 20.4 Å². The van der Waals surface area contributed by atoms with Crippen LogP contribution in [0.25, 0.3) is 0 Å². The van der Waals surface area contributed by atoms with Crippen LogP contribution in [0.5, 0.6) is 0 Å². The van der Waals surface area contributed by atoms with Gasteiger partial charge in [-0.3, -0.25) is 4.99 Å². The van der Waals surface area contributed by atoms with E-state index in [1.807, 2.05) is 32.7 Å². The number of rotatable bonds is 3. The molecule has 0 N–H and O–H groups in total. The van der Waals surface area contributed by atoms with Crippen molar-refractivity contribution in [3.63, 3.8) is 0 Å². The fourth-order valence-corrected chi connectivity index (χ4v) is 0.367. The molecule has 0 aliphatic heterocycles. The zero-order valence-corrected chi connectivity index (χ0v) is 7.96. The quantitative estimate of drug-likeness (QED) is 0.570. The summed E-state index contributed by atoms with van der Waals surface area (Å²) in [5, 5.41) is 0. The lowest BCUT2D eigenvalue weighted by atomic mass is 10.5. The van der Waals surface area contributed by atoms with Crippen molar-refractivity contribution in [1.82, 2.24) is 4.90 Å². The van der Waals surface area contributed by atoms with Crippen LogP contribution in [0.15, 0.2) is 29.7 Å². The molecule has 11 heavy (non-hydrogen) atoms. The molecule has 0 aromatic carbocycles. The highest BCUT2D eigenvalue weighted by Gasteiger charge is 1.88. The summed E-state index contributed by atoms with van der Waals surface area (Å²) in [5.41, 5.74) is 1.03. The molecule has 0 fully saturated rings. The van der Waals surface area contributed by atoms with Crippen LogP contribution in [0.2, 0.25) is 0 Å². The minimum Gasteiger partial charge on any atom is -0.354 e. The normalized spacial score (nSPS) is 9.27. The highest BCUT2D eigenvalue weighted by atomic mass is 15.1. The maximum absolute atomic E-state index is 3.60. The van der Waals surface area contributed by atoms with Crippen molar-refractivity contribution in [2.24, 2.45) is 4.99 Å². The van der Waals surface area contributed by atoms with Gasteiger partial charge in [0, 0.05) is 18.9 Å².